The molecule has 1 N–H and O–H groups in total. The Morgan fingerprint density at radius 3 is 3.07 bits per heavy atom. The molecule has 2 nitrogen and oxygen atoms in total. The molecule has 0 radical (unpaired) electrons. The second kappa shape index (κ2) is 2.71. The van der Waals surface area contributed by atoms with Gasteiger partial charge in [-0.25, -0.2) is 0 Å². The first-order chi connectivity index (χ1) is 6.84. The molecule has 2 unspecified atom stereocenters. The van der Waals surface area contributed by atoms with Gasteiger partial charge < -0.3 is 5.32 Å². The van der Waals surface area contributed by atoms with E-state index in [-0.39, 0.29) is 11.8 Å². The fourth-order valence-corrected chi connectivity index (χ4v) is 2.34. The lowest BCUT2D eigenvalue weighted by molar-refractivity contribution is -0.115. The maximum absolute atomic E-state index is 11.2. The van der Waals surface area contributed by atoms with Crippen LogP contribution in [-0.2, 0) is 4.79 Å². The van der Waals surface area contributed by atoms with Gasteiger partial charge in [0.25, 0.3) is 0 Å². The number of allylic oxidation sites excluding steroid dienone is 1. The van der Waals surface area contributed by atoms with Crippen LogP contribution in [0.1, 0.15) is 17.9 Å². The van der Waals surface area contributed by atoms with Gasteiger partial charge in [0.05, 0.1) is 0 Å². The fourth-order valence-electron chi connectivity index (χ4n) is 2.34. The number of nitrogens with one attached hydrogen (secondary N) is 1. The van der Waals surface area contributed by atoms with Crippen molar-refractivity contribution in [3.05, 3.63) is 42.0 Å². The predicted octanol–water partition coefficient (Wildman–Crippen LogP) is 2.09. The van der Waals surface area contributed by atoms with Crippen molar-refractivity contribution < 1.29 is 4.79 Å². The minimum Gasteiger partial charge on any atom is -0.381 e. The van der Waals surface area contributed by atoms with Gasteiger partial charge in [-0.1, -0.05) is 24.3 Å². The Labute approximate surface area is 82.6 Å². The first kappa shape index (κ1) is 7.80. The van der Waals surface area contributed by atoms with E-state index >= 15 is 0 Å². The highest BCUT2D eigenvalue weighted by molar-refractivity contribution is 5.92. The van der Waals surface area contributed by atoms with E-state index in [1.165, 1.54) is 11.3 Å². The summed E-state index contributed by atoms with van der Waals surface area (Å²) in [6.45, 7) is 0. The van der Waals surface area contributed by atoms with Crippen molar-refractivity contribution in [1.82, 2.24) is 0 Å². The molecule has 0 spiro atoms. The van der Waals surface area contributed by atoms with Gasteiger partial charge in [-0.3, -0.25) is 4.79 Å². The summed E-state index contributed by atoms with van der Waals surface area (Å²) in [6, 6.07) is 8.56. The molecule has 0 amide bonds. The van der Waals surface area contributed by atoms with E-state index < -0.39 is 0 Å². The first-order valence-corrected chi connectivity index (χ1v) is 4.91. The second-order valence-electron chi connectivity index (χ2n) is 3.89. The van der Waals surface area contributed by atoms with Crippen LogP contribution in [-0.4, -0.2) is 11.8 Å². The topological polar surface area (TPSA) is 29.1 Å². The number of carbonyl (C=O) groups excluding carboxylic acids is 1. The molecule has 1 heterocycles. The molecule has 1 aromatic carbocycles. The smallest absolute Gasteiger partial charge is 0.157 e. The van der Waals surface area contributed by atoms with E-state index in [0.29, 0.717) is 12.3 Å². The number of anilines is 1. The van der Waals surface area contributed by atoms with E-state index in [4.69, 9.17) is 0 Å². The van der Waals surface area contributed by atoms with Crippen LogP contribution in [0.3, 0.4) is 0 Å². The highest BCUT2D eigenvalue weighted by Gasteiger charge is 2.33. The molecule has 70 valence electrons. The van der Waals surface area contributed by atoms with Gasteiger partial charge in [0.15, 0.2) is 5.78 Å². The normalized spacial score (nSPS) is 28.1. The van der Waals surface area contributed by atoms with Gasteiger partial charge in [0, 0.05) is 24.1 Å². The molecular formula is C12H11NO. The number of benzene rings is 1. The summed E-state index contributed by atoms with van der Waals surface area (Å²) in [6.07, 6.45) is 4.36. The number of carbonyl (C=O) groups is 1. The lowest BCUT2D eigenvalue weighted by atomic mass is 9.87. The van der Waals surface area contributed by atoms with Crippen LogP contribution in [0.25, 0.3) is 0 Å². The fraction of sp³-hybridized carbons (Fsp3) is 0.250. The van der Waals surface area contributed by atoms with E-state index in [9.17, 15) is 4.79 Å². The molecule has 1 aliphatic carbocycles. The van der Waals surface area contributed by atoms with Crippen LogP contribution >= 0.6 is 0 Å². The average Bonchev–Trinajstić information content (AvgIpc) is 2.54. The molecule has 0 fully saturated rings. The maximum Gasteiger partial charge on any atom is 0.157 e. The van der Waals surface area contributed by atoms with Crippen LogP contribution in [0, 0.1) is 0 Å². The maximum atomic E-state index is 11.2. The number of hydrogen-bond donors (Lipinski definition) is 1. The van der Waals surface area contributed by atoms with Gasteiger partial charge in [0.2, 0.25) is 0 Å². The van der Waals surface area contributed by atoms with Gasteiger partial charge in [-0.05, 0) is 17.7 Å². The summed E-state index contributed by atoms with van der Waals surface area (Å²) in [7, 11) is 0. The highest BCUT2D eigenvalue weighted by Crippen LogP contribution is 2.39. The summed E-state index contributed by atoms with van der Waals surface area (Å²) in [5.41, 5.74) is 2.50. The van der Waals surface area contributed by atoms with Crippen molar-refractivity contribution in [2.24, 2.45) is 0 Å². The summed E-state index contributed by atoms with van der Waals surface area (Å²) in [4.78, 5) is 11.2. The number of hydrogen-bond acceptors (Lipinski definition) is 2. The Morgan fingerprint density at radius 1 is 1.29 bits per heavy atom. The van der Waals surface area contributed by atoms with E-state index in [0.717, 1.165) is 0 Å². The van der Waals surface area contributed by atoms with E-state index in [1.54, 1.807) is 6.08 Å². The number of para-hydroxylation sites is 1. The molecule has 3 rings (SSSR count). The summed E-state index contributed by atoms with van der Waals surface area (Å²) in [5.74, 6) is 0.621. The molecular weight excluding hydrogens is 174 g/mol. The minimum atomic E-state index is 0.228. The zero-order valence-corrected chi connectivity index (χ0v) is 7.73. The third kappa shape index (κ3) is 1.00. The molecule has 2 aliphatic rings. The Kier molecular flexibility index (Phi) is 1.51. The quantitative estimate of drug-likeness (QED) is 0.670. The van der Waals surface area contributed by atoms with Crippen LogP contribution < -0.4 is 5.32 Å². The van der Waals surface area contributed by atoms with Gasteiger partial charge >= 0.3 is 0 Å². The minimum absolute atomic E-state index is 0.228. The average molecular weight is 185 g/mol. The third-order valence-electron chi connectivity index (χ3n) is 3.00. The zero-order chi connectivity index (χ0) is 9.54. The molecule has 2 atom stereocenters. The third-order valence-corrected chi connectivity index (χ3v) is 3.00. The van der Waals surface area contributed by atoms with Crippen LogP contribution in [0.2, 0.25) is 0 Å². The van der Waals surface area contributed by atoms with E-state index in [1.807, 2.05) is 18.2 Å². The van der Waals surface area contributed by atoms with Crippen molar-refractivity contribution in [2.45, 2.75) is 18.4 Å². The molecule has 2 heteroatoms. The molecule has 1 aromatic rings. The molecule has 0 saturated carbocycles. The molecule has 0 aromatic heterocycles. The molecule has 1 aliphatic heterocycles. The van der Waals surface area contributed by atoms with Gasteiger partial charge in [-0.2, -0.15) is 0 Å². The Balaban J connectivity index is 2.07. The Bertz CT molecular complexity index is 422. The highest BCUT2D eigenvalue weighted by atomic mass is 16.1. The largest absolute Gasteiger partial charge is 0.381 e. The van der Waals surface area contributed by atoms with Crippen LogP contribution in [0.15, 0.2) is 36.4 Å². The number of rotatable bonds is 0. The van der Waals surface area contributed by atoms with Crippen LogP contribution in [0.5, 0.6) is 0 Å². The Hall–Kier alpha value is -1.57. The first-order valence-electron chi connectivity index (χ1n) is 4.91. The van der Waals surface area contributed by atoms with Gasteiger partial charge in [0.1, 0.15) is 0 Å². The Morgan fingerprint density at radius 2 is 2.14 bits per heavy atom. The zero-order valence-electron chi connectivity index (χ0n) is 7.73. The van der Waals surface area contributed by atoms with E-state index in [2.05, 4.69) is 17.4 Å². The lowest BCUT2D eigenvalue weighted by Crippen LogP contribution is -2.25. The summed E-state index contributed by atoms with van der Waals surface area (Å²) < 4.78 is 0. The van der Waals surface area contributed by atoms with Gasteiger partial charge in [-0.15, -0.1) is 0 Å². The predicted molar refractivity (Wildman–Crippen MR) is 55.4 cm³/mol. The SMILES string of the molecule is O=C1C=CC2c3ccccc3NC2C1. The molecule has 0 bridgehead atoms. The molecule has 0 saturated heterocycles. The second-order valence-corrected chi connectivity index (χ2v) is 3.89. The number of fused-ring (bicyclic) bond motifs is 3. The van der Waals surface area contributed by atoms with Crippen molar-refractivity contribution in [3.63, 3.8) is 0 Å². The summed E-state index contributed by atoms with van der Waals surface area (Å²) in [5, 5.41) is 3.39. The van der Waals surface area contributed by atoms with Crippen molar-refractivity contribution >= 4 is 11.5 Å². The number of ketones is 1. The monoisotopic (exact) mass is 185 g/mol. The van der Waals surface area contributed by atoms with Crippen LogP contribution in [0.4, 0.5) is 5.69 Å². The van der Waals surface area contributed by atoms with Crippen molar-refractivity contribution in [1.29, 1.82) is 0 Å². The van der Waals surface area contributed by atoms with Crippen molar-refractivity contribution in [2.75, 3.05) is 5.32 Å². The summed E-state index contributed by atoms with van der Waals surface area (Å²) >= 11 is 0. The molecule has 14 heavy (non-hydrogen) atoms. The lowest BCUT2D eigenvalue weighted by Gasteiger charge is -2.19. The standard InChI is InChI=1S/C12H11NO/c14-8-5-6-10-9-3-1-2-4-11(9)13-12(10)7-8/h1-6,10,12-13H,7H2. The van der Waals surface area contributed by atoms with Crippen molar-refractivity contribution in [3.8, 4) is 0 Å².